The molecule has 0 aliphatic rings. The molecule has 0 spiro atoms. The molecule has 4 aromatic heterocycles. The first-order chi connectivity index (χ1) is 23.5. The maximum Gasteiger partial charge on any atom is 0.129 e. The summed E-state index contributed by atoms with van der Waals surface area (Å²) in [6.45, 7) is 17.4. The fourth-order valence-electron chi connectivity index (χ4n) is 6.52. The van der Waals surface area contributed by atoms with Gasteiger partial charge >= 0.3 is 0 Å². The number of benzene rings is 4. The van der Waals surface area contributed by atoms with Crippen LogP contribution in [0, 0.1) is 46.8 Å². The Morgan fingerprint density at radius 2 is 1.42 bits per heavy atom. The maximum atomic E-state index is 6.52. The molecule has 0 amide bonds. The Bertz CT molecular complexity index is 2460. The average Bonchev–Trinajstić information content (AvgIpc) is 3.71. The van der Waals surface area contributed by atoms with Gasteiger partial charge in [0.1, 0.15) is 5.58 Å². The van der Waals surface area contributed by atoms with Crippen molar-refractivity contribution in [1.29, 1.82) is 0 Å². The maximum absolute atomic E-state index is 6.52. The predicted octanol–water partition coefficient (Wildman–Crippen LogP) is 12.7. The van der Waals surface area contributed by atoms with Gasteiger partial charge in [0, 0.05) is 53.5 Å². The standard InChI is InChI=1S/C31H26NOS.C14H14N.Ir/c1-18-8-6-9-19(2)28(18)24-17-32-26(16-25(24)31(3,4)5)22-11-7-10-20-21-12-13-27-23(14-15-34-27)30(21)33-29(20)22;1-10-4-6-13(7-5-10)14-8-11(2)12(3)9-15-14;/h6-10,12-17H,1-5H3;4-6,8-9H,1-3H3;/q2*-1;. The van der Waals surface area contributed by atoms with Crippen molar-refractivity contribution < 1.29 is 24.5 Å². The zero-order valence-corrected chi connectivity index (χ0v) is 33.0. The third-order valence-corrected chi connectivity index (χ3v) is 10.2. The summed E-state index contributed by atoms with van der Waals surface area (Å²) in [5, 5.41) is 5.53. The minimum atomic E-state index is -0.0492. The summed E-state index contributed by atoms with van der Waals surface area (Å²) in [6.07, 6.45) is 3.95. The molecule has 4 heterocycles. The van der Waals surface area contributed by atoms with Crippen molar-refractivity contribution in [3.05, 3.63) is 142 Å². The van der Waals surface area contributed by atoms with Gasteiger partial charge in [0.05, 0.1) is 5.58 Å². The number of nitrogens with zero attached hydrogens (tertiary/aromatic N) is 2. The van der Waals surface area contributed by atoms with E-state index in [9.17, 15) is 0 Å². The minimum absolute atomic E-state index is 0. The molecule has 0 fully saturated rings. The molecule has 253 valence electrons. The van der Waals surface area contributed by atoms with Crippen LogP contribution >= 0.6 is 11.3 Å². The first-order valence-corrected chi connectivity index (χ1v) is 17.6. The van der Waals surface area contributed by atoms with Crippen molar-refractivity contribution in [2.24, 2.45) is 0 Å². The van der Waals surface area contributed by atoms with Gasteiger partial charge in [-0.25, -0.2) is 0 Å². The molecule has 0 aliphatic carbocycles. The number of furan rings is 1. The molecule has 50 heavy (non-hydrogen) atoms. The van der Waals surface area contributed by atoms with Gasteiger partial charge in [-0.1, -0.05) is 80.6 Å². The number of pyridine rings is 2. The van der Waals surface area contributed by atoms with Crippen LogP contribution < -0.4 is 0 Å². The summed E-state index contributed by atoms with van der Waals surface area (Å²) < 4.78 is 7.76. The zero-order valence-electron chi connectivity index (χ0n) is 29.8. The first-order valence-electron chi connectivity index (χ1n) is 16.7. The van der Waals surface area contributed by atoms with Crippen LogP contribution in [0.15, 0.2) is 101 Å². The molecule has 8 rings (SSSR count). The van der Waals surface area contributed by atoms with Gasteiger partial charge in [0.25, 0.3) is 0 Å². The van der Waals surface area contributed by atoms with Crippen molar-refractivity contribution in [1.82, 2.24) is 9.97 Å². The molecule has 0 unspecified atom stereocenters. The molecule has 0 bridgehead atoms. The van der Waals surface area contributed by atoms with Gasteiger partial charge in [-0.2, -0.15) is 0 Å². The topological polar surface area (TPSA) is 38.9 Å². The molecule has 0 saturated heterocycles. The summed E-state index contributed by atoms with van der Waals surface area (Å²) >= 11 is 1.74. The average molecular weight is 849 g/mol. The van der Waals surface area contributed by atoms with E-state index in [0.717, 1.165) is 44.5 Å². The van der Waals surface area contributed by atoms with Crippen LogP contribution in [0.25, 0.3) is 65.7 Å². The van der Waals surface area contributed by atoms with E-state index in [1.54, 1.807) is 11.3 Å². The van der Waals surface area contributed by atoms with Gasteiger partial charge < -0.3 is 14.4 Å². The van der Waals surface area contributed by atoms with Gasteiger partial charge in [-0.15, -0.1) is 64.9 Å². The molecule has 0 atom stereocenters. The number of hydrogen-bond donors (Lipinski definition) is 0. The number of aromatic nitrogens is 2. The van der Waals surface area contributed by atoms with Crippen LogP contribution in [0.5, 0.6) is 0 Å². The van der Waals surface area contributed by atoms with E-state index in [4.69, 9.17) is 9.40 Å². The van der Waals surface area contributed by atoms with Crippen molar-refractivity contribution in [3.63, 3.8) is 0 Å². The van der Waals surface area contributed by atoms with Crippen LogP contribution in [0.4, 0.5) is 0 Å². The molecule has 0 aliphatic heterocycles. The molecule has 8 aromatic rings. The Morgan fingerprint density at radius 3 is 2.12 bits per heavy atom. The fourth-order valence-corrected chi connectivity index (χ4v) is 7.30. The second kappa shape index (κ2) is 14.1. The molecule has 5 heteroatoms. The number of hydrogen-bond acceptors (Lipinski definition) is 4. The van der Waals surface area contributed by atoms with E-state index in [1.807, 2.05) is 24.5 Å². The van der Waals surface area contributed by atoms with Gasteiger partial charge in [0.15, 0.2) is 0 Å². The first kappa shape index (κ1) is 35.4. The van der Waals surface area contributed by atoms with E-state index in [0.29, 0.717) is 0 Å². The number of thiophene rings is 1. The molecular weight excluding hydrogens is 809 g/mol. The van der Waals surface area contributed by atoms with Crippen LogP contribution in [0.2, 0.25) is 0 Å². The second-order valence-electron chi connectivity index (χ2n) is 14.0. The Hall–Kier alpha value is -4.41. The van der Waals surface area contributed by atoms with Crippen LogP contribution in [0.3, 0.4) is 0 Å². The van der Waals surface area contributed by atoms with Crippen molar-refractivity contribution >= 4 is 43.4 Å². The van der Waals surface area contributed by atoms with E-state index in [2.05, 4.69) is 145 Å². The van der Waals surface area contributed by atoms with Gasteiger partial charge in [-0.05, 0) is 89.8 Å². The largest absolute Gasteiger partial charge is 0.500 e. The zero-order chi connectivity index (χ0) is 34.4. The van der Waals surface area contributed by atoms with E-state index in [1.165, 1.54) is 54.6 Å². The number of aryl methyl sites for hydroxylation is 5. The SMILES string of the molecule is Cc1c[c-]c(-c2cc(C)c(C)cn2)cc1.Cc1cccc(C)c1-c1cnc(-c2[c-]ccc3c2oc2c4ccsc4ccc32)cc1C(C)(C)C.[Ir]. The summed E-state index contributed by atoms with van der Waals surface area (Å²) in [5.41, 5.74) is 15.6. The number of fused-ring (bicyclic) bond motifs is 5. The molecule has 4 aromatic carbocycles. The van der Waals surface area contributed by atoms with E-state index < -0.39 is 0 Å². The Balaban J connectivity index is 0.000000227. The second-order valence-corrected chi connectivity index (χ2v) is 15.0. The van der Waals surface area contributed by atoms with E-state index in [-0.39, 0.29) is 25.5 Å². The predicted molar refractivity (Wildman–Crippen MR) is 207 cm³/mol. The van der Waals surface area contributed by atoms with Crippen molar-refractivity contribution in [2.75, 3.05) is 0 Å². The van der Waals surface area contributed by atoms with E-state index >= 15 is 0 Å². The Labute approximate surface area is 312 Å². The van der Waals surface area contributed by atoms with Gasteiger partial charge in [0.2, 0.25) is 0 Å². The molecule has 1 radical (unpaired) electrons. The van der Waals surface area contributed by atoms with Crippen molar-refractivity contribution in [2.45, 2.75) is 60.8 Å². The third-order valence-electron chi connectivity index (χ3n) is 9.36. The minimum Gasteiger partial charge on any atom is -0.500 e. The fraction of sp³-hybridized carbons (Fsp3) is 0.200. The number of rotatable bonds is 3. The smallest absolute Gasteiger partial charge is 0.129 e. The van der Waals surface area contributed by atoms with Crippen LogP contribution in [-0.2, 0) is 25.5 Å². The normalized spacial score (nSPS) is 11.4. The van der Waals surface area contributed by atoms with Crippen LogP contribution in [-0.4, -0.2) is 9.97 Å². The van der Waals surface area contributed by atoms with Crippen LogP contribution in [0.1, 0.15) is 54.2 Å². The van der Waals surface area contributed by atoms with Crippen molar-refractivity contribution in [3.8, 4) is 33.6 Å². The van der Waals surface area contributed by atoms with Gasteiger partial charge in [-0.3, -0.25) is 0 Å². The summed E-state index contributed by atoms with van der Waals surface area (Å²) in [5.74, 6) is 0. The quantitative estimate of drug-likeness (QED) is 0.166. The molecule has 0 saturated carbocycles. The summed E-state index contributed by atoms with van der Waals surface area (Å²) in [7, 11) is 0. The molecule has 3 nitrogen and oxygen atoms in total. The molecule has 0 N–H and O–H groups in total. The molecular formula is C45H40IrN2OS-2. The summed E-state index contributed by atoms with van der Waals surface area (Å²) in [6, 6.07) is 34.2. The third kappa shape index (κ3) is 6.71. The summed E-state index contributed by atoms with van der Waals surface area (Å²) in [4.78, 5) is 9.37. The monoisotopic (exact) mass is 849 g/mol. The Morgan fingerprint density at radius 1 is 0.680 bits per heavy atom. The Kier molecular flexibility index (Phi) is 9.97.